The van der Waals surface area contributed by atoms with Crippen LogP contribution in [0.25, 0.3) is 0 Å². The standard InChI is InChI=1S/C9H13F/c1-6-4-7(2)8(3)9(10)5-6/h5-6H,4H2,1-3H3. The molecule has 1 aliphatic rings. The lowest BCUT2D eigenvalue weighted by atomic mass is 9.92. The monoisotopic (exact) mass is 140 g/mol. The van der Waals surface area contributed by atoms with Crippen molar-refractivity contribution in [1.82, 2.24) is 0 Å². The molecule has 1 aliphatic carbocycles. The summed E-state index contributed by atoms with van der Waals surface area (Å²) in [5.41, 5.74) is 2.02. The maximum absolute atomic E-state index is 12.9. The van der Waals surface area contributed by atoms with Crippen LogP contribution in [0.2, 0.25) is 0 Å². The first kappa shape index (κ1) is 7.52. The average Bonchev–Trinajstić information content (AvgIpc) is 1.82. The molecule has 0 saturated heterocycles. The molecule has 0 amide bonds. The molecule has 0 nitrogen and oxygen atoms in total. The van der Waals surface area contributed by atoms with Crippen LogP contribution in [0.3, 0.4) is 0 Å². The highest BCUT2D eigenvalue weighted by molar-refractivity contribution is 5.32. The largest absolute Gasteiger partial charge is 0.207 e. The molecule has 0 fully saturated rings. The Morgan fingerprint density at radius 3 is 2.60 bits per heavy atom. The van der Waals surface area contributed by atoms with Gasteiger partial charge < -0.3 is 0 Å². The summed E-state index contributed by atoms with van der Waals surface area (Å²) in [6, 6.07) is 0. The second kappa shape index (κ2) is 2.57. The molecule has 10 heavy (non-hydrogen) atoms. The van der Waals surface area contributed by atoms with Crippen LogP contribution in [0, 0.1) is 5.92 Å². The van der Waals surface area contributed by atoms with Crippen molar-refractivity contribution in [3.63, 3.8) is 0 Å². The molecular formula is C9H13F. The second-order valence-electron chi connectivity index (χ2n) is 3.10. The van der Waals surface area contributed by atoms with Crippen LogP contribution in [0.4, 0.5) is 4.39 Å². The zero-order valence-corrected chi connectivity index (χ0v) is 6.74. The van der Waals surface area contributed by atoms with Crippen molar-refractivity contribution in [1.29, 1.82) is 0 Å². The topological polar surface area (TPSA) is 0 Å². The smallest absolute Gasteiger partial charge is 0.122 e. The molecular weight excluding hydrogens is 127 g/mol. The van der Waals surface area contributed by atoms with Gasteiger partial charge in [-0.2, -0.15) is 0 Å². The van der Waals surface area contributed by atoms with Crippen LogP contribution in [0.5, 0.6) is 0 Å². The van der Waals surface area contributed by atoms with E-state index in [2.05, 4.69) is 0 Å². The normalized spacial score (nSPS) is 26.8. The molecule has 1 unspecified atom stereocenters. The molecule has 0 aromatic rings. The van der Waals surface area contributed by atoms with E-state index in [1.54, 1.807) is 6.08 Å². The van der Waals surface area contributed by atoms with Crippen LogP contribution in [0.15, 0.2) is 23.0 Å². The van der Waals surface area contributed by atoms with Crippen LogP contribution in [0.1, 0.15) is 27.2 Å². The molecule has 0 aromatic carbocycles. The molecule has 1 heteroatoms. The third-order valence-electron chi connectivity index (χ3n) is 2.06. The van der Waals surface area contributed by atoms with E-state index < -0.39 is 0 Å². The Morgan fingerprint density at radius 2 is 2.10 bits per heavy atom. The first-order chi connectivity index (χ1) is 4.61. The lowest BCUT2D eigenvalue weighted by Gasteiger charge is -2.15. The van der Waals surface area contributed by atoms with Gasteiger partial charge in [-0.3, -0.25) is 0 Å². The van der Waals surface area contributed by atoms with Crippen LogP contribution < -0.4 is 0 Å². The first-order valence-electron chi connectivity index (χ1n) is 3.65. The molecule has 0 aromatic heterocycles. The van der Waals surface area contributed by atoms with Crippen molar-refractivity contribution < 1.29 is 4.39 Å². The summed E-state index contributed by atoms with van der Waals surface area (Å²) in [5.74, 6) is 0.347. The fourth-order valence-electron chi connectivity index (χ4n) is 1.27. The van der Waals surface area contributed by atoms with Crippen molar-refractivity contribution in [2.24, 2.45) is 5.92 Å². The molecule has 1 rings (SSSR count). The van der Waals surface area contributed by atoms with E-state index in [0.717, 1.165) is 12.0 Å². The molecule has 0 radical (unpaired) electrons. The van der Waals surface area contributed by atoms with Gasteiger partial charge in [-0.15, -0.1) is 0 Å². The highest BCUT2D eigenvalue weighted by Gasteiger charge is 2.12. The maximum atomic E-state index is 12.9. The zero-order chi connectivity index (χ0) is 7.72. The van der Waals surface area contributed by atoms with E-state index in [-0.39, 0.29) is 5.83 Å². The minimum absolute atomic E-state index is 0.0312. The summed E-state index contributed by atoms with van der Waals surface area (Å²) >= 11 is 0. The molecule has 56 valence electrons. The molecule has 0 heterocycles. The van der Waals surface area contributed by atoms with Crippen LogP contribution >= 0.6 is 0 Å². The van der Waals surface area contributed by atoms with Gasteiger partial charge in [0, 0.05) is 0 Å². The number of rotatable bonds is 0. The van der Waals surface area contributed by atoms with Gasteiger partial charge in [-0.05, 0) is 37.8 Å². The lowest BCUT2D eigenvalue weighted by Crippen LogP contribution is -2.01. The van der Waals surface area contributed by atoms with Crippen molar-refractivity contribution in [2.75, 3.05) is 0 Å². The van der Waals surface area contributed by atoms with E-state index in [9.17, 15) is 4.39 Å². The number of hydrogen-bond acceptors (Lipinski definition) is 0. The quantitative estimate of drug-likeness (QED) is 0.484. The Kier molecular flexibility index (Phi) is 1.93. The van der Waals surface area contributed by atoms with Gasteiger partial charge in [-0.1, -0.05) is 12.5 Å². The van der Waals surface area contributed by atoms with E-state index >= 15 is 0 Å². The molecule has 0 N–H and O–H groups in total. The first-order valence-corrected chi connectivity index (χ1v) is 3.65. The minimum atomic E-state index is -0.0312. The summed E-state index contributed by atoms with van der Waals surface area (Å²) in [5, 5.41) is 0. The van der Waals surface area contributed by atoms with E-state index in [1.165, 1.54) is 5.57 Å². The summed E-state index contributed by atoms with van der Waals surface area (Å²) in [4.78, 5) is 0. The van der Waals surface area contributed by atoms with Gasteiger partial charge in [-0.25, -0.2) is 4.39 Å². The van der Waals surface area contributed by atoms with Crippen LogP contribution in [-0.4, -0.2) is 0 Å². The molecule has 1 atom stereocenters. The fourth-order valence-corrected chi connectivity index (χ4v) is 1.27. The van der Waals surface area contributed by atoms with Crippen molar-refractivity contribution in [3.05, 3.63) is 23.0 Å². The van der Waals surface area contributed by atoms with Gasteiger partial charge in [0.1, 0.15) is 5.83 Å². The van der Waals surface area contributed by atoms with Crippen molar-refractivity contribution >= 4 is 0 Å². The Bertz CT molecular complexity index is 199. The second-order valence-corrected chi connectivity index (χ2v) is 3.10. The van der Waals surface area contributed by atoms with Gasteiger partial charge in [0.25, 0.3) is 0 Å². The third kappa shape index (κ3) is 1.28. The third-order valence-corrected chi connectivity index (χ3v) is 2.06. The SMILES string of the molecule is CC1=C(C)C(F)=CC(C)C1. The Hall–Kier alpha value is -0.590. The Morgan fingerprint density at radius 1 is 1.50 bits per heavy atom. The minimum Gasteiger partial charge on any atom is -0.207 e. The summed E-state index contributed by atoms with van der Waals surface area (Å²) < 4.78 is 12.9. The van der Waals surface area contributed by atoms with Crippen molar-refractivity contribution in [2.45, 2.75) is 27.2 Å². The predicted molar refractivity (Wildman–Crippen MR) is 41.3 cm³/mol. The number of halogens is 1. The van der Waals surface area contributed by atoms with E-state index in [4.69, 9.17) is 0 Å². The van der Waals surface area contributed by atoms with Crippen molar-refractivity contribution in [3.8, 4) is 0 Å². The highest BCUT2D eigenvalue weighted by atomic mass is 19.1. The van der Waals surface area contributed by atoms with Gasteiger partial charge in [0.15, 0.2) is 0 Å². The molecule has 0 bridgehead atoms. The fraction of sp³-hybridized carbons (Fsp3) is 0.556. The lowest BCUT2D eigenvalue weighted by molar-refractivity contribution is 0.587. The number of allylic oxidation sites excluding steroid dienone is 4. The summed E-state index contributed by atoms with van der Waals surface area (Å²) in [7, 11) is 0. The van der Waals surface area contributed by atoms with Gasteiger partial charge in [0.2, 0.25) is 0 Å². The average molecular weight is 140 g/mol. The Labute approximate surface area is 61.4 Å². The Balaban J connectivity index is 2.90. The summed E-state index contributed by atoms with van der Waals surface area (Å²) in [6.45, 7) is 5.88. The zero-order valence-electron chi connectivity index (χ0n) is 6.74. The highest BCUT2D eigenvalue weighted by Crippen LogP contribution is 2.28. The molecule has 0 spiro atoms. The van der Waals surface area contributed by atoms with E-state index in [0.29, 0.717) is 5.92 Å². The van der Waals surface area contributed by atoms with Crippen LogP contribution in [-0.2, 0) is 0 Å². The predicted octanol–water partition coefficient (Wildman–Crippen LogP) is 3.22. The molecule has 0 aliphatic heterocycles. The van der Waals surface area contributed by atoms with Gasteiger partial charge in [0.05, 0.1) is 0 Å². The number of hydrogen-bond donors (Lipinski definition) is 0. The maximum Gasteiger partial charge on any atom is 0.122 e. The molecule has 0 saturated carbocycles. The van der Waals surface area contributed by atoms with Gasteiger partial charge >= 0.3 is 0 Å². The summed E-state index contributed by atoms with van der Waals surface area (Å²) in [6.07, 6.45) is 2.71. The van der Waals surface area contributed by atoms with E-state index in [1.807, 2.05) is 20.8 Å².